The average Bonchev–Trinajstić information content (AvgIpc) is 3.24. The first-order valence-electron chi connectivity index (χ1n) is 17.8. The zero-order valence-electron chi connectivity index (χ0n) is 30.4. The molecule has 5 nitrogen and oxygen atoms in total. The van der Waals surface area contributed by atoms with Crippen LogP contribution in [0.25, 0.3) is 0 Å². The topological polar surface area (TPSA) is 97.3 Å². The average molecular weight is 860 g/mol. The molecule has 0 amide bonds. The van der Waals surface area contributed by atoms with Crippen molar-refractivity contribution in [1.29, 1.82) is 0 Å². The van der Waals surface area contributed by atoms with Crippen LogP contribution in [0.2, 0.25) is 0 Å². The molecule has 8 aromatic rings. The van der Waals surface area contributed by atoms with Crippen LogP contribution in [0.15, 0.2) is 243 Å². The molecule has 0 fully saturated rings. The van der Waals surface area contributed by atoms with E-state index >= 15 is 0 Å². The van der Waals surface area contributed by atoms with Crippen LogP contribution >= 0.6 is 14.5 Å². The van der Waals surface area contributed by atoms with Crippen molar-refractivity contribution in [2.75, 3.05) is 0 Å². The molecule has 0 saturated carbocycles. The number of benzene rings is 8. The van der Waals surface area contributed by atoms with Crippen LogP contribution in [0.1, 0.15) is 0 Å². The van der Waals surface area contributed by atoms with Gasteiger partial charge in [0, 0.05) is 0 Å². The van der Waals surface area contributed by atoms with E-state index in [1.807, 2.05) is 0 Å². The molecule has 0 N–H and O–H groups in total. The van der Waals surface area contributed by atoms with Gasteiger partial charge in [-0.2, -0.15) is 0 Å². The maximum Gasteiger partial charge on any atom is 0.144 e. The van der Waals surface area contributed by atoms with Crippen molar-refractivity contribution < 1.29 is 32.8 Å². The summed E-state index contributed by atoms with van der Waals surface area (Å²) in [6.07, 6.45) is 0. The smallest absolute Gasteiger partial charge is 0.0620 e. The Labute approximate surface area is 330 Å². The molecule has 0 saturated heterocycles. The number of rotatable bonds is 8. The summed E-state index contributed by atoms with van der Waals surface area (Å²) in [5, 5.41) is 11.1. The Morgan fingerprint density at radius 3 is 0.411 bits per heavy atom. The Balaban J connectivity index is 0.000000166. The minimum absolute atomic E-state index is 1.39. The van der Waals surface area contributed by atoms with Gasteiger partial charge in [-0.05, 0) is 97.1 Å². The van der Waals surface area contributed by atoms with Crippen molar-refractivity contribution in [3.05, 3.63) is 243 Å². The van der Waals surface area contributed by atoms with E-state index in [1.54, 1.807) is 0 Å². The van der Waals surface area contributed by atoms with E-state index in [2.05, 4.69) is 243 Å². The van der Waals surface area contributed by atoms with E-state index < -0.39 is 28.7 Å². The summed E-state index contributed by atoms with van der Waals surface area (Å²) >= 11 is -7.72. The fourth-order valence-corrected chi connectivity index (χ4v) is 15.5. The molecule has 0 spiro atoms. The molecule has 0 aliphatic heterocycles. The van der Waals surface area contributed by atoms with Gasteiger partial charge in [-0.3, -0.25) is 0 Å². The summed E-state index contributed by atoms with van der Waals surface area (Å²) in [5.74, 6) is 0. The predicted molar refractivity (Wildman–Crippen MR) is 225 cm³/mol. The molecule has 0 unspecified atom stereocenters. The number of hydrogen-bond donors (Lipinski definition) is 0. The Hall–Kier alpha value is -5.44. The third-order valence-corrected chi connectivity index (χ3v) is 17.7. The van der Waals surface area contributed by atoms with Crippen molar-refractivity contribution in [3.8, 4) is 0 Å². The van der Waals surface area contributed by atoms with Gasteiger partial charge >= 0.3 is 32.8 Å². The summed E-state index contributed by atoms with van der Waals surface area (Å²) in [4.78, 5) is 0. The molecule has 280 valence electrons. The van der Waals surface area contributed by atoms with Crippen LogP contribution in [-0.2, 0) is 24.9 Å². The Morgan fingerprint density at radius 2 is 0.321 bits per heavy atom. The molecule has 8 aromatic carbocycles. The monoisotopic (exact) mass is 860 g/mol. The van der Waals surface area contributed by atoms with Gasteiger partial charge in [-0.1, -0.05) is 146 Å². The minimum atomic E-state index is -7.72. The van der Waals surface area contributed by atoms with E-state index in [0.29, 0.717) is 0 Å². The van der Waals surface area contributed by atoms with Gasteiger partial charge in [0.2, 0.25) is 0 Å². The molecular weight excluding hydrogens is 820 g/mol. The van der Waals surface area contributed by atoms with Crippen LogP contribution in [0.3, 0.4) is 0 Å². The standard InChI is InChI=1S/2C24H20P.5O.Ru/c2*1-5-13-21(14-6-1)25(22-15-7-2-8-16-22,23-17-9-3-10-18-23)24-19-11-4-12-20-24;;;;;;/h2*1-20H;;;;;;/q2*+1;;;;2*-1;. The Morgan fingerprint density at radius 1 is 0.232 bits per heavy atom. The van der Waals surface area contributed by atoms with E-state index in [9.17, 15) is 0 Å². The second-order valence-electron chi connectivity index (χ2n) is 12.6. The van der Waals surface area contributed by atoms with Crippen molar-refractivity contribution >= 4 is 57.0 Å². The fraction of sp³-hybridized carbons (Fsp3) is 0. The third-order valence-electron chi connectivity index (χ3n) is 9.15. The van der Waals surface area contributed by atoms with Crippen molar-refractivity contribution in [1.82, 2.24) is 0 Å². The van der Waals surface area contributed by atoms with Crippen LogP contribution < -0.4 is 50.3 Å². The molecule has 56 heavy (non-hydrogen) atoms. The van der Waals surface area contributed by atoms with Gasteiger partial charge < -0.3 is 0 Å². The van der Waals surface area contributed by atoms with Crippen LogP contribution in [0.5, 0.6) is 0 Å². The van der Waals surface area contributed by atoms with Gasteiger partial charge in [0.1, 0.15) is 57.0 Å². The van der Waals surface area contributed by atoms with Gasteiger partial charge in [-0.25, -0.2) is 0 Å². The normalized spacial score (nSPS) is 12.0. The second-order valence-corrected chi connectivity index (χ2v) is 22.3. The van der Waals surface area contributed by atoms with E-state index in [-0.39, 0.29) is 0 Å². The summed E-state index contributed by atoms with van der Waals surface area (Å²) in [5.41, 5.74) is 0. The van der Waals surface area contributed by atoms with Gasteiger partial charge in [0.15, 0.2) is 0 Å². The van der Waals surface area contributed by atoms with E-state index in [1.165, 1.54) is 42.4 Å². The minimum Gasteiger partial charge on any atom is -0.0620 e. The molecule has 0 heterocycles. The first-order valence-corrected chi connectivity index (χ1v) is 24.9. The zero-order valence-corrected chi connectivity index (χ0v) is 33.9. The van der Waals surface area contributed by atoms with Crippen molar-refractivity contribution in [2.24, 2.45) is 0 Å². The van der Waals surface area contributed by atoms with Crippen molar-refractivity contribution in [2.45, 2.75) is 0 Å². The van der Waals surface area contributed by atoms with Crippen molar-refractivity contribution in [3.63, 3.8) is 0 Å². The Bertz CT molecular complexity index is 2110. The molecular formula is C48H40O5P2Ru. The molecule has 0 aliphatic carbocycles. The molecule has 0 aliphatic rings. The maximum atomic E-state index is 8.64. The van der Waals surface area contributed by atoms with Gasteiger partial charge in [-0.15, -0.1) is 0 Å². The van der Waals surface area contributed by atoms with E-state index in [4.69, 9.17) is 18.6 Å². The van der Waals surface area contributed by atoms with Gasteiger partial charge in [0.05, 0.1) is 0 Å². The van der Waals surface area contributed by atoms with Gasteiger partial charge in [0.25, 0.3) is 0 Å². The molecule has 0 radical (unpaired) electrons. The fourth-order valence-electron chi connectivity index (χ4n) is 7.00. The molecule has 8 heteroatoms. The SMILES string of the molecule is [O]=[Ru](=[O])(=[O])([O-])[O-].c1ccc([P+](c2ccccc2)(c2ccccc2)c2ccccc2)cc1.c1ccc([P+](c2ccccc2)(c2ccccc2)c2ccccc2)cc1. The second kappa shape index (κ2) is 18.0. The first kappa shape index (κ1) is 40.2. The molecule has 0 aromatic heterocycles. The summed E-state index contributed by atoms with van der Waals surface area (Å²) in [6, 6.07) is 87.7. The predicted octanol–water partition coefficient (Wildman–Crippen LogP) is 5.88. The first-order chi connectivity index (χ1) is 27.1. The quantitative estimate of drug-likeness (QED) is 0.141. The zero-order chi connectivity index (χ0) is 39.4. The van der Waals surface area contributed by atoms with Crippen LogP contribution in [0, 0.1) is 0 Å². The van der Waals surface area contributed by atoms with E-state index in [0.717, 1.165) is 0 Å². The Kier molecular flexibility index (Phi) is 12.9. The maximum absolute atomic E-state index is 8.64. The number of hydrogen-bond acceptors (Lipinski definition) is 5. The molecule has 0 atom stereocenters. The summed E-state index contributed by atoms with van der Waals surface area (Å²) < 4.78 is 43.2. The summed E-state index contributed by atoms with van der Waals surface area (Å²) in [6.45, 7) is 0. The molecule has 8 rings (SSSR count). The van der Waals surface area contributed by atoms with Crippen LogP contribution in [0.4, 0.5) is 0 Å². The summed E-state index contributed by atoms with van der Waals surface area (Å²) in [7, 11) is -3.81. The molecule has 0 bridgehead atoms. The van der Waals surface area contributed by atoms with Crippen LogP contribution in [-0.4, -0.2) is 0 Å². The third kappa shape index (κ3) is 9.67. The largest absolute Gasteiger partial charge is 0.144 e.